The predicted octanol–water partition coefficient (Wildman–Crippen LogP) is 1.37. The normalized spacial score (nSPS) is 25.7. The minimum atomic E-state index is -0.699. The second kappa shape index (κ2) is 12.8. The van der Waals surface area contributed by atoms with E-state index in [-0.39, 0.29) is 36.7 Å². The predicted molar refractivity (Wildman–Crippen MR) is 160 cm³/mol. The van der Waals surface area contributed by atoms with Gasteiger partial charge in [-0.05, 0) is 30.9 Å². The average molecular weight is 597 g/mol. The molecular formula is C30H40N6O5S. The van der Waals surface area contributed by atoms with Crippen LogP contribution in [0.15, 0.2) is 29.6 Å². The van der Waals surface area contributed by atoms with Crippen molar-refractivity contribution in [3.8, 4) is 11.3 Å². The summed E-state index contributed by atoms with van der Waals surface area (Å²) in [6.45, 7) is 5.77. The maximum Gasteiger partial charge on any atom is 0.251 e. The van der Waals surface area contributed by atoms with Crippen LogP contribution in [0.3, 0.4) is 0 Å². The number of carbonyl (C=O) groups is 3. The van der Waals surface area contributed by atoms with Gasteiger partial charge in [-0.3, -0.25) is 19.3 Å². The van der Waals surface area contributed by atoms with Crippen LogP contribution in [0.5, 0.6) is 0 Å². The smallest absolute Gasteiger partial charge is 0.251 e. The number of benzene rings is 1. The Bertz CT molecular complexity index is 1270. The molecule has 3 N–H and O–H groups in total. The van der Waals surface area contributed by atoms with E-state index in [1.165, 1.54) is 0 Å². The highest BCUT2D eigenvalue weighted by Crippen LogP contribution is 2.33. The summed E-state index contributed by atoms with van der Waals surface area (Å²) in [6, 6.07) is 5.61. The van der Waals surface area contributed by atoms with Crippen molar-refractivity contribution in [3.63, 3.8) is 0 Å². The van der Waals surface area contributed by atoms with Crippen LogP contribution < -0.4 is 16.0 Å². The number of carbonyl (C=O) groups excluding carboxylic acids is 3. The molecule has 12 heteroatoms. The third kappa shape index (κ3) is 5.96. The largest absolute Gasteiger partial charge is 0.383 e. The molecule has 3 aliphatic heterocycles. The van der Waals surface area contributed by atoms with Gasteiger partial charge in [0.2, 0.25) is 5.91 Å². The second-order valence-corrected chi connectivity index (χ2v) is 12.6. The number of ketones is 1. The number of thiazole rings is 1. The zero-order valence-corrected chi connectivity index (χ0v) is 24.9. The van der Waals surface area contributed by atoms with Crippen molar-refractivity contribution in [2.75, 3.05) is 64.5 Å². The van der Waals surface area contributed by atoms with Crippen LogP contribution in [-0.4, -0.2) is 116 Å². The van der Waals surface area contributed by atoms with E-state index in [4.69, 9.17) is 20.2 Å². The summed E-state index contributed by atoms with van der Waals surface area (Å²) in [5.41, 5.74) is 8.51. The van der Waals surface area contributed by atoms with Gasteiger partial charge in [-0.2, -0.15) is 0 Å². The summed E-state index contributed by atoms with van der Waals surface area (Å²) in [4.78, 5) is 50.9. The molecule has 1 aromatic heterocycles. The standard InChI is InChI=1S/C30H40N6O5S/c1-40-15-14-34-10-12-35(13-11-34)30-32-23(18-42-30)19-6-8-21(9-7-19)28(38)33-25(20-4-2-3-5-20)29(39)36-16-22(31)27-26(36)24(37)17-41-27/h6-9,18,20,22,25-27H,2-5,10-17,31H2,1H3,(H,33,38)/t22-,25+,26-,27-/m1/s1. The molecule has 3 saturated heterocycles. The summed E-state index contributed by atoms with van der Waals surface area (Å²) < 4.78 is 10.8. The molecule has 4 fully saturated rings. The molecule has 2 amide bonds. The summed E-state index contributed by atoms with van der Waals surface area (Å²) >= 11 is 1.63. The van der Waals surface area contributed by atoms with Crippen molar-refractivity contribution in [3.05, 3.63) is 35.2 Å². The summed E-state index contributed by atoms with van der Waals surface area (Å²) in [5, 5.41) is 6.09. The number of Topliss-reactive ketones (excluding diaryl/α,β-unsaturated/α-hetero) is 1. The molecule has 11 nitrogen and oxygen atoms in total. The van der Waals surface area contributed by atoms with Crippen molar-refractivity contribution < 1.29 is 23.9 Å². The number of amides is 2. The van der Waals surface area contributed by atoms with Crippen molar-refractivity contribution in [2.45, 2.75) is 49.9 Å². The second-order valence-electron chi connectivity index (χ2n) is 11.8. The number of methoxy groups -OCH3 is 1. The van der Waals surface area contributed by atoms with Gasteiger partial charge in [-0.15, -0.1) is 11.3 Å². The lowest BCUT2D eigenvalue weighted by atomic mass is 9.95. The maximum atomic E-state index is 13.8. The minimum Gasteiger partial charge on any atom is -0.383 e. The Hall–Kier alpha value is -2.90. The number of aromatic nitrogens is 1. The number of fused-ring (bicyclic) bond motifs is 1. The lowest BCUT2D eigenvalue weighted by molar-refractivity contribution is -0.139. The highest BCUT2D eigenvalue weighted by atomic mass is 32.1. The maximum absolute atomic E-state index is 13.8. The van der Waals surface area contributed by atoms with Gasteiger partial charge in [0.25, 0.3) is 5.91 Å². The molecule has 6 rings (SSSR count). The first-order valence-corrected chi connectivity index (χ1v) is 15.8. The van der Waals surface area contributed by atoms with Crippen molar-refractivity contribution in [1.29, 1.82) is 0 Å². The lowest BCUT2D eigenvalue weighted by Crippen LogP contribution is -2.54. The summed E-state index contributed by atoms with van der Waals surface area (Å²) in [6.07, 6.45) is 3.30. The molecule has 42 heavy (non-hydrogen) atoms. The number of likely N-dealkylation sites (tertiary alicyclic amines) is 1. The highest BCUT2D eigenvalue weighted by molar-refractivity contribution is 7.14. The number of nitrogens with two attached hydrogens (primary N) is 1. The first-order valence-electron chi connectivity index (χ1n) is 15.0. The van der Waals surface area contributed by atoms with Crippen LogP contribution in [0, 0.1) is 5.92 Å². The number of rotatable bonds is 9. The molecule has 226 valence electrons. The Morgan fingerprint density at radius 1 is 1.17 bits per heavy atom. The fourth-order valence-electron chi connectivity index (χ4n) is 6.71. The van der Waals surface area contributed by atoms with E-state index in [1.54, 1.807) is 35.5 Å². The number of nitrogens with zero attached hydrogens (tertiary/aromatic N) is 4. The Morgan fingerprint density at radius 2 is 1.90 bits per heavy atom. The molecule has 0 bridgehead atoms. The Kier molecular flexibility index (Phi) is 8.87. The van der Waals surface area contributed by atoms with Crippen molar-refractivity contribution in [1.82, 2.24) is 20.1 Å². The molecular weight excluding hydrogens is 556 g/mol. The van der Waals surface area contributed by atoms with E-state index in [0.29, 0.717) is 5.56 Å². The quantitative estimate of drug-likeness (QED) is 0.441. The van der Waals surface area contributed by atoms with Crippen LogP contribution in [0.1, 0.15) is 36.0 Å². The lowest BCUT2D eigenvalue weighted by Gasteiger charge is -2.34. The SMILES string of the molecule is COCCN1CCN(c2nc(-c3ccc(C(=O)N[C@H](C(=O)N4C[C@@H](N)[C@H]5OCC(=O)[C@H]54)C4CCCC4)cc3)cs2)CC1. The monoisotopic (exact) mass is 596 g/mol. The van der Waals surface area contributed by atoms with Gasteiger partial charge in [0.15, 0.2) is 10.9 Å². The number of ether oxygens (including phenoxy) is 2. The number of anilines is 1. The third-order valence-corrected chi connectivity index (χ3v) is 10.0. The summed E-state index contributed by atoms with van der Waals surface area (Å²) in [5.74, 6) is -0.624. The van der Waals surface area contributed by atoms with E-state index in [2.05, 4.69) is 20.5 Å². The summed E-state index contributed by atoms with van der Waals surface area (Å²) in [7, 11) is 1.73. The van der Waals surface area contributed by atoms with Gasteiger partial charge in [0, 0.05) is 62.9 Å². The van der Waals surface area contributed by atoms with E-state index in [9.17, 15) is 14.4 Å². The van der Waals surface area contributed by atoms with Crippen LogP contribution in [0.2, 0.25) is 0 Å². The van der Waals surface area contributed by atoms with Crippen LogP contribution in [0.4, 0.5) is 5.13 Å². The first-order chi connectivity index (χ1) is 20.4. The molecule has 4 aliphatic rings. The van der Waals surface area contributed by atoms with Gasteiger partial charge < -0.3 is 30.3 Å². The molecule has 0 unspecified atom stereocenters. The van der Waals surface area contributed by atoms with E-state index in [0.717, 1.165) is 81.4 Å². The number of hydrogen-bond donors (Lipinski definition) is 2. The van der Waals surface area contributed by atoms with Gasteiger partial charge in [-0.1, -0.05) is 25.0 Å². The topological polar surface area (TPSA) is 130 Å². The number of piperazine rings is 1. The molecule has 0 spiro atoms. The minimum absolute atomic E-state index is 0.0222. The molecule has 1 aliphatic carbocycles. The van der Waals surface area contributed by atoms with E-state index in [1.807, 2.05) is 12.1 Å². The molecule has 2 aromatic rings. The zero-order valence-electron chi connectivity index (χ0n) is 24.1. The number of hydrogen-bond acceptors (Lipinski definition) is 10. The molecule has 4 atom stereocenters. The number of nitrogens with one attached hydrogen (secondary N) is 1. The molecule has 1 saturated carbocycles. The molecule has 0 radical (unpaired) electrons. The molecule has 1 aromatic carbocycles. The van der Waals surface area contributed by atoms with Gasteiger partial charge in [0.05, 0.1) is 18.3 Å². The zero-order chi connectivity index (χ0) is 29.2. The third-order valence-electron chi connectivity index (χ3n) is 9.12. The Balaban J connectivity index is 1.10. The van der Waals surface area contributed by atoms with Crippen molar-refractivity contribution >= 4 is 34.1 Å². The van der Waals surface area contributed by atoms with Gasteiger partial charge >= 0.3 is 0 Å². The fraction of sp³-hybridized carbons (Fsp3) is 0.600. The van der Waals surface area contributed by atoms with Gasteiger partial charge in [-0.25, -0.2) is 4.98 Å². The Labute approximate surface area is 250 Å². The fourth-order valence-corrected chi connectivity index (χ4v) is 7.60. The average Bonchev–Trinajstić information content (AvgIpc) is 3.83. The van der Waals surface area contributed by atoms with E-state index < -0.39 is 24.2 Å². The van der Waals surface area contributed by atoms with Gasteiger partial charge in [0.1, 0.15) is 24.8 Å². The Morgan fingerprint density at radius 3 is 2.62 bits per heavy atom. The van der Waals surface area contributed by atoms with E-state index >= 15 is 0 Å². The van der Waals surface area contributed by atoms with Crippen LogP contribution in [-0.2, 0) is 19.1 Å². The first kappa shape index (κ1) is 29.2. The highest BCUT2D eigenvalue weighted by Gasteiger charge is 2.52. The van der Waals surface area contributed by atoms with Crippen molar-refractivity contribution in [2.24, 2.45) is 11.7 Å². The molecule has 4 heterocycles. The van der Waals surface area contributed by atoms with Crippen LogP contribution in [0.25, 0.3) is 11.3 Å². The van der Waals surface area contributed by atoms with Crippen LogP contribution >= 0.6 is 11.3 Å².